The third kappa shape index (κ3) is 4.90. The lowest BCUT2D eigenvalue weighted by atomic mass is 10.3. The molecule has 0 unspecified atom stereocenters. The molecule has 2 rings (SSSR count). The number of likely N-dealkylation sites (N-methyl/N-ethyl adjacent to an activating group) is 1. The molecule has 132 valence electrons. The minimum absolute atomic E-state index is 0. The summed E-state index contributed by atoms with van der Waals surface area (Å²) in [5, 5.41) is 7.65. The molecule has 23 heavy (non-hydrogen) atoms. The Morgan fingerprint density at radius 1 is 1.39 bits per heavy atom. The zero-order valence-corrected chi connectivity index (χ0v) is 15.8. The van der Waals surface area contributed by atoms with Crippen LogP contribution in [0.3, 0.4) is 0 Å². The minimum Gasteiger partial charge on any atom is -0.350 e. The maximum Gasteiger partial charge on any atom is 0.262 e. The van der Waals surface area contributed by atoms with Gasteiger partial charge in [-0.15, -0.1) is 23.7 Å². The first-order valence-electron chi connectivity index (χ1n) is 7.56. The zero-order valence-electron chi connectivity index (χ0n) is 13.4. The molecule has 0 spiro atoms. The Hall–Kier alpha value is -0.670. The number of nitrogens with zero attached hydrogens (tertiary/aromatic N) is 1. The van der Waals surface area contributed by atoms with E-state index in [4.69, 9.17) is 0 Å². The quantitative estimate of drug-likeness (QED) is 0.753. The summed E-state index contributed by atoms with van der Waals surface area (Å²) in [7, 11) is -3.55. The molecule has 1 aromatic rings. The summed E-state index contributed by atoms with van der Waals surface area (Å²) in [6, 6.07) is 1.67. The summed E-state index contributed by atoms with van der Waals surface area (Å²) in [4.78, 5) is 12.7. The van der Waals surface area contributed by atoms with Gasteiger partial charge in [0.1, 0.15) is 9.77 Å². The number of sulfonamides is 1. The molecule has 2 N–H and O–H groups in total. The zero-order chi connectivity index (χ0) is 16.2. The number of carbonyl (C=O) groups is 1. The number of hydrogen-bond acceptors (Lipinski definition) is 5. The lowest BCUT2D eigenvalue weighted by Crippen LogP contribution is -2.39. The Kier molecular flexibility index (Phi) is 7.96. The summed E-state index contributed by atoms with van der Waals surface area (Å²) < 4.78 is 26.7. The van der Waals surface area contributed by atoms with Crippen molar-refractivity contribution in [3.8, 4) is 0 Å². The van der Waals surface area contributed by atoms with E-state index >= 15 is 0 Å². The Bertz CT molecular complexity index is 613. The van der Waals surface area contributed by atoms with E-state index in [1.165, 1.54) is 21.7 Å². The number of thiophene rings is 1. The van der Waals surface area contributed by atoms with E-state index in [1.54, 1.807) is 5.38 Å². The van der Waals surface area contributed by atoms with Crippen LogP contribution in [0.2, 0.25) is 0 Å². The van der Waals surface area contributed by atoms with Gasteiger partial charge in [-0.25, -0.2) is 8.42 Å². The number of carbonyl (C=O) groups excluding carboxylic acids is 1. The first-order valence-corrected chi connectivity index (χ1v) is 9.88. The highest BCUT2D eigenvalue weighted by Gasteiger charge is 2.31. The fourth-order valence-corrected chi connectivity index (χ4v) is 5.31. The lowest BCUT2D eigenvalue weighted by molar-refractivity contribution is 0.0951. The van der Waals surface area contributed by atoms with Crippen molar-refractivity contribution in [2.75, 3.05) is 26.2 Å². The fourth-order valence-electron chi connectivity index (χ4n) is 2.48. The number of hydrogen-bond donors (Lipinski definition) is 2. The molecule has 1 fully saturated rings. The molecule has 0 bridgehead atoms. The van der Waals surface area contributed by atoms with E-state index in [-0.39, 0.29) is 34.1 Å². The molecule has 6 nitrogen and oxygen atoms in total. The summed E-state index contributed by atoms with van der Waals surface area (Å²) in [5.41, 5.74) is 0. The molecule has 1 aromatic heterocycles. The van der Waals surface area contributed by atoms with Gasteiger partial charge in [-0.1, -0.05) is 6.92 Å². The largest absolute Gasteiger partial charge is 0.350 e. The molecule has 0 saturated carbocycles. The van der Waals surface area contributed by atoms with Gasteiger partial charge in [-0.3, -0.25) is 4.79 Å². The fraction of sp³-hybridized carbons (Fsp3) is 0.643. The summed E-state index contributed by atoms with van der Waals surface area (Å²) in [6.07, 6.45) is 1.76. The number of amides is 1. The van der Waals surface area contributed by atoms with Crippen LogP contribution in [0.15, 0.2) is 16.3 Å². The van der Waals surface area contributed by atoms with E-state index < -0.39 is 10.0 Å². The summed E-state index contributed by atoms with van der Waals surface area (Å²) >= 11 is 1.17. The van der Waals surface area contributed by atoms with Crippen LogP contribution >= 0.6 is 23.7 Å². The highest BCUT2D eigenvalue weighted by atomic mass is 35.5. The summed E-state index contributed by atoms with van der Waals surface area (Å²) in [6.45, 7) is 6.34. The molecule has 1 saturated heterocycles. The molecule has 2 heterocycles. The molecule has 9 heteroatoms. The van der Waals surface area contributed by atoms with Crippen molar-refractivity contribution in [2.24, 2.45) is 0 Å². The smallest absolute Gasteiger partial charge is 0.262 e. The van der Waals surface area contributed by atoms with Crippen molar-refractivity contribution in [1.82, 2.24) is 14.9 Å². The Morgan fingerprint density at radius 2 is 2.04 bits per heavy atom. The van der Waals surface area contributed by atoms with Gasteiger partial charge in [0.2, 0.25) is 10.0 Å². The van der Waals surface area contributed by atoms with Crippen molar-refractivity contribution in [3.63, 3.8) is 0 Å². The average Bonchev–Trinajstić information content (AvgIpc) is 3.15. The number of rotatable bonds is 7. The molecule has 1 aliphatic heterocycles. The van der Waals surface area contributed by atoms with Crippen LogP contribution in [0.1, 0.15) is 36.4 Å². The molecule has 1 atom stereocenters. The van der Waals surface area contributed by atoms with E-state index in [0.717, 1.165) is 19.4 Å². The number of halogens is 1. The van der Waals surface area contributed by atoms with Gasteiger partial charge in [0.25, 0.3) is 5.91 Å². The summed E-state index contributed by atoms with van der Waals surface area (Å²) in [5.74, 6) is -0.322. The second-order valence-electron chi connectivity index (χ2n) is 5.39. The predicted octanol–water partition coefficient (Wildman–Crippen LogP) is 1.68. The third-order valence-electron chi connectivity index (χ3n) is 3.64. The van der Waals surface area contributed by atoms with Gasteiger partial charge in [0, 0.05) is 25.7 Å². The molecule has 1 amide bonds. The SMILES string of the molecule is CCN[C@H](C)CNC(=O)c1sccc1S(=O)(=O)N1CCCC1.Cl. The topological polar surface area (TPSA) is 78.5 Å². The predicted molar refractivity (Wildman–Crippen MR) is 95.0 cm³/mol. The maximum absolute atomic E-state index is 12.6. The Labute approximate surface area is 148 Å². The molecule has 0 aromatic carbocycles. The van der Waals surface area contributed by atoms with Crippen molar-refractivity contribution < 1.29 is 13.2 Å². The highest BCUT2D eigenvalue weighted by Crippen LogP contribution is 2.27. The first-order chi connectivity index (χ1) is 10.5. The minimum atomic E-state index is -3.55. The molecular formula is C14H24ClN3O3S2. The average molecular weight is 382 g/mol. The standard InChI is InChI=1S/C14H23N3O3S2.ClH/c1-3-15-11(2)10-16-14(18)13-12(6-9-21-13)22(19,20)17-7-4-5-8-17;/h6,9,11,15H,3-5,7-8,10H2,1-2H3,(H,16,18);1H/t11-;/m1./s1. The molecule has 0 radical (unpaired) electrons. The second-order valence-corrected chi connectivity index (χ2v) is 8.22. The molecule has 1 aliphatic rings. The Morgan fingerprint density at radius 3 is 2.65 bits per heavy atom. The van der Waals surface area contributed by atoms with Crippen LogP contribution in [-0.4, -0.2) is 50.9 Å². The van der Waals surface area contributed by atoms with Gasteiger partial charge < -0.3 is 10.6 Å². The monoisotopic (exact) mass is 381 g/mol. The van der Waals surface area contributed by atoms with E-state index in [9.17, 15) is 13.2 Å². The van der Waals surface area contributed by atoms with E-state index in [1.807, 2.05) is 13.8 Å². The van der Waals surface area contributed by atoms with Crippen LogP contribution < -0.4 is 10.6 Å². The van der Waals surface area contributed by atoms with E-state index in [2.05, 4.69) is 10.6 Å². The van der Waals surface area contributed by atoms with E-state index in [0.29, 0.717) is 19.6 Å². The first kappa shape index (κ1) is 20.4. The molecule has 0 aliphatic carbocycles. The normalized spacial score (nSPS) is 16.8. The Balaban J connectivity index is 0.00000264. The van der Waals surface area contributed by atoms with Gasteiger partial charge >= 0.3 is 0 Å². The number of nitrogens with one attached hydrogen (secondary N) is 2. The van der Waals surface area contributed by atoms with Gasteiger partial charge in [-0.05, 0) is 37.8 Å². The van der Waals surface area contributed by atoms with Crippen LogP contribution in [0, 0.1) is 0 Å². The van der Waals surface area contributed by atoms with Gasteiger partial charge in [-0.2, -0.15) is 4.31 Å². The van der Waals surface area contributed by atoms with Crippen molar-refractivity contribution in [2.45, 2.75) is 37.6 Å². The van der Waals surface area contributed by atoms with Crippen LogP contribution in [-0.2, 0) is 10.0 Å². The van der Waals surface area contributed by atoms with Crippen molar-refractivity contribution >= 4 is 39.7 Å². The second kappa shape index (κ2) is 8.98. The van der Waals surface area contributed by atoms with Crippen molar-refractivity contribution in [1.29, 1.82) is 0 Å². The van der Waals surface area contributed by atoms with Gasteiger partial charge in [0.15, 0.2) is 0 Å². The van der Waals surface area contributed by atoms with Crippen molar-refractivity contribution in [3.05, 3.63) is 16.3 Å². The lowest BCUT2D eigenvalue weighted by Gasteiger charge is -2.16. The highest BCUT2D eigenvalue weighted by molar-refractivity contribution is 7.89. The van der Waals surface area contributed by atoms with Crippen LogP contribution in [0.25, 0.3) is 0 Å². The van der Waals surface area contributed by atoms with Gasteiger partial charge in [0.05, 0.1) is 0 Å². The van der Waals surface area contributed by atoms with Crippen LogP contribution in [0.4, 0.5) is 0 Å². The maximum atomic E-state index is 12.6. The molecular weight excluding hydrogens is 358 g/mol. The van der Waals surface area contributed by atoms with Crippen LogP contribution in [0.5, 0.6) is 0 Å². The third-order valence-corrected chi connectivity index (χ3v) is 6.62.